The van der Waals surface area contributed by atoms with Crippen LogP contribution in [0.25, 0.3) is 16.6 Å². The molecule has 3 aromatic rings. The van der Waals surface area contributed by atoms with Crippen molar-refractivity contribution >= 4 is 17.1 Å². The van der Waals surface area contributed by atoms with Gasteiger partial charge in [-0.25, -0.2) is 13.3 Å². The minimum Gasteiger partial charge on any atom is -0.366 e. The first-order chi connectivity index (χ1) is 16.0. The number of carbonyl (C=O) groups excluding carboxylic acids is 1. The summed E-state index contributed by atoms with van der Waals surface area (Å²) in [7, 11) is 0. The number of amides is 1. The Balaban J connectivity index is 1.22. The van der Waals surface area contributed by atoms with Gasteiger partial charge in [0.05, 0.1) is 30.0 Å². The van der Waals surface area contributed by atoms with Crippen LogP contribution in [0.15, 0.2) is 36.9 Å². The second-order valence-corrected chi connectivity index (χ2v) is 9.42. The zero-order chi connectivity index (χ0) is 22.6. The van der Waals surface area contributed by atoms with E-state index in [4.69, 9.17) is 0 Å². The van der Waals surface area contributed by atoms with Crippen molar-refractivity contribution in [3.63, 3.8) is 0 Å². The molecule has 0 radical (unpaired) electrons. The maximum atomic E-state index is 13.8. The molecular weight excluding hydrogens is 428 g/mol. The van der Waals surface area contributed by atoms with Crippen molar-refractivity contribution in [2.24, 2.45) is 5.92 Å². The fourth-order valence-electron chi connectivity index (χ4n) is 4.97. The van der Waals surface area contributed by atoms with Gasteiger partial charge in [-0.1, -0.05) is 0 Å². The van der Waals surface area contributed by atoms with Gasteiger partial charge in [0.25, 0.3) is 5.92 Å². The number of rotatable bonds is 4. The predicted molar refractivity (Wildman–Crippen MR) is 119 cm³/mol. The normalized spacial score (nSPS) is 23.3. The summed E-state index contributed by atoms with van der Waals surface area (Å²) >= 11 is 0. The molecule has 0 spiro atoms. The summed E-state index contributed by atoms with van der Waals surface area (Å²) in [6.07, 6.45) is 9.15. The molecule has 0 bridgehead atoms. The van der Waals surface area contributed by atoms with Crippen molar-refractivity contribution in [1.29, 1.82) is 0 Å². The summed E-state index contributed by atoms with van der Waals surface area (Å²) < 4.78 is 31.1. The maximum absolute atomic E-state index is 13.8. The molecule has 2 saturated heterocycles. The van der Waals surface area contributed by atoms with Crippen molar-refractivity contribution in [2.45, 2.75) is 31.2 Å². The Kier molecular flexibility index (Phi) is 4.86. The molecule has 2 aliphatic heterocycles. The number of piperidine rings is 1. The van der Waals surface area contributed by atoms with Gasteiger partial charge in [-0.2, -0.15) is 10.2 Å². The van der Waals surface area contributed by atoms with Gasteiger partial charge < -0.3 is 15.1 Å². The number of nitrogens with zero attached hydrogens (tertiary/aromatic N) is 6. The molecule has 1 unspecified atom stereocenters. The quantitative estimate of drug-likeness (QED) is 0.655. The molecule has 8 nitrogen and oxygen atoms in total. The average molecular weight is 456 g/mol. The van der Waals surface area contributed by atoms with Crippen molar-refractivity contribution in [3.8, 4) is 11.1 Å². The van der Waals surface area contributed by atoms with Crippen LogP contribution in [-0.4, -0.2) is 75.4 Å². The van der Waals surface area contributed by atoms with Crippen molar-refractivity contribution in [1.82, 2.24) is 29.6 Å². The summed E-state index contributed by atoms with van der Waals surface area (Å²) in [4.78, 5) is 16.7. The standard InChI is InChI=1S/C23H27F2N7O/c24-23(25)10-19(12-26-15-23)31-14-18(11-28-31)17-9-21-20(3-4-27-32(21)13-17)29-5-7-30(8-6-29)22(33)16-1-2-16/h3-4,9,11,13-14,16,19,26H,1-2,5-8,10,12,15H2. The molecule has 3 aliphatic rings. The third kappa shape index (κ3) is 3.96. The molecule has 1 aliphatic carbocycles. The molecule has 33 heavy (non-hydrogen) atoms. The topological polar surface area (TPSA) is 70.7 Å². The highest BCUT2D eigenvalue weighted by molar-refractivity contribution is 5.82. The third-order valence-corrected chi connectivity index (χ3v) is 6.95. The van der Waals surface area contributed by atoms with E-state index in [1.807, 2.05) is 27.9 Å². The monoisotopic (exact) mass is 455 g/mol. The van der Waals surface area contributed by atoms with E-state index in [2.05, 4.69) is 26.5 Å². The zero-order valence-corrected chi connectivity index (χ0v) is 18.3. The van der Waals surface area contributed by atoms with E-state index in [-0.39, 0.29) is 24.9 Å². The number of hydrogen-bond donors (Lipinski definition) is 1. The Bertz CT molecular complexity index is 1180. The third-order valence-electron chi connectivity index (χ3n) is 6.95. The molecule has 10 heteroatoms. The van der Waals surface area contributed by atoms with Crippen LogP contribution < -0.4 is 10.2 Å². The lowest BCUT2D eigenvalue weighted by Crippen LogP contribution is -2.49. The number of carbonyl (C=O) groups is 1. The molecular formula is C23H27F2N7O. The van der Waals surface area contributed by atoms with Gasteiger partial charge in [-0.3, -0.25) is 9.48 Å². The minimum absolute atomic E-state index is 0.209. The van der Waals surface area contributed by atoms with Gasteiger partial charge in [0, 0.05) is 74.8 Å². The van der Waals surface area contributed by atoms with Crippen molar-refractivity contribution in [3.05, 3.63) is 36.9 Å². The molecule has 3 fully saturated rings. The summed E-state index contributed by atoms with van der Waals surface area (Å²) in [6.45, 7) is 3.27. The molecule has 3 aromatic heterocycles. The highest BCUT2D eigenvalue weighted by Gasteiger charge is 2.37. The smallest absolute Gasteiger partial charge is 0.262 e. The van der Waals surface area contributed by atoms with Crippen LogP contribution in [0.1, 0.15) is 25.3 Å². The first-order valence-corrected chi connectivity index (χ1v) is 11.6. The van der Waals surface area contributed by atoms with Crippen molar-refractivity contribution in [2.75, 3.05) is 44.2 Å². The van der Waals surface area contributed by atoms with Crippen LogP contribution in [0, 0.1) is 5.92 Å². The highest BCUT2D eigenvalue weighted by Crippen LogP contribution is 2.33. The largest absolute Gasteiger partial charge is 0.366 e. The Morgan fingerprint density at radius 2 is 1.91 bits per heavy atom. The van der Waals surface area contributed by atoms with Crippen LogP contribution in [0.4, 0.5) is 14.5 Å². The summed E-state index contributed by atoms with van der Waals surface area (Å²) in [6, 6.07) is 3.71. The van der Waals surface area contributed by atoms with E-state index in [0.717, 1.165) is 61.4 Å². The molecule has 0 aromatic carbocycles. The molecule has 5 heterocycles. The Hall–Kier alpha value is -3.01. The van der Waals surface area contributed by atoms with Crippen molar-refractivity contribution < 1.29 is 13.6 Å². The average Bonchev–Trinajstić information content (AvgIpc) is 3.37. The number of halogens is 2. The van der Waals surface area contributed by atoms with E-state index in [1.165, 1.54) is 0 Å². The molecule has 1 amide bonds. The second-order valence-electron chi connectivity index (χ2n) is 9.42. The van der Waals surface area contributed by atoms with E-state index in [0.29, 0.717) is 12.5 Å². The SMILES string of the molecule is O=C(C1CC1)N1CCN(c2ccnn3cc(-c4cnn(C5CNCC(F)(F)C5)c4)cc23)CC1. The number of piperazine rings is 1. The lowest BCUT2D eigenvalue weighted by Gasteiger charge is -2.36. The Morgan fingerprint density at radius 3 is 2.67 bits per heavy atom. The summed E-state index contributed by atoms with van der Waals surface area (Å²) in [5, 5.41) is 11.6. The summed E-state index contributed by atoms with van der Waals surface area (Å²) in [5.41, 5.74) is 3.88. The lowest BCUT2D eigenvalue weighted by atomic mass is 10.0. The first kappa shape index (κ1) is 20.6. The van der Waals surface area contributed by atoms with Crippen LogP contribution in [0.3, 0.4) is 0 Å². The Morgan fingerprint density at radius 1 is 1.09 bits per heavy atom. The fraction of sp³-hybridized carbons (Fsp3) is 0.522. The number of aromatic nitrogens is 4. The lowest BCUT2D eigenvalue weighted by molar-refractivity contribution is -0.132. The van der Waals surface area contributed by atoms with Crippen LogP contribution in [-0.2, 0) is 4.79 Å². The van der Waals surface area contributed by atoms with Crippen LogP contribution in [0.5, 0.6) is 0 Å². The number of fused-ring (bicyclic) bond motifs is 1. The van der Waals surface area contributed by atoms with Gasteiger partial charge in [-0.05, 0) is 25.0 Å². The fourth-order valence-corrected chi connectivity index (χ4v) is 4.97. The molecule has 1 saturated carbocycles. The van der Waals surface area contributed by atoms with Gasteiger partial charge in [0.15, 0.2) is 0 Å². The van der Waals surface area contributed by atoms with E-state index >= 15 is 0 Å². The summed E-state index contributed by atoms with van der Waals surface area (Å²) in [5.74, 6) is -2.15. The van der Waals surface area contributed by atoms with E-state index in [1.54, 1.807) is 17.1 Å². The molecule has 1 atom stereocenters. The van der Waals surface area contributed by atoms with Gasteiger partial charge in [0.2, 0.25) is 5.91 Å². The van der Waals surface area contributed by atoms with E-state index < -0.39 is 5.92 Å². The minimum atomic E-state index is -2.72. The molecule has 174 valence electrons. The molecule has 1 N–H and O–H groups in total. The number of hydrogen-bond acceptors (Lipinski definition) is 5. The van der Waals surface area contributed by atoms with Gasteiger partial charge >= 0.3 is 0 Å². The van der Waals surface area contributed by atoms with Crippen LogP contribution in [0.2, 0.25) is 0 Å². The van der Waals surface area contributed by atoms with Gasteiger partial charge in [0.1, 0.15) is 0 Å². The number of nitrogens with one attached hydrogen (secondary N) is 1. The maximum Gasteiger partial charge on any atom is 0.262 e. The number of anilines is 1. The van der Waals surface area contributed by atoms with Gasteiger partial charge in [-0.15, -0.1) is 0 Å². The predicted octanol–water partition coefficient (Wildman–Crippen LogP) is 2.43. The highest BCUT2D eigenvalue weighted by atomic mass is 19.3. The zero-order valence-electron chi connectivity index (χ0n) is 18.3. The molecule has 6 rings (SSSR count). The van der Waals surface area contributed by atoms with E-state index in [9.17, 15) is 13.6 Å². The van der Waals surface area contributed by atoms with Crippen LogP contribution >= 0.6 is 0 Å². The Labute approximate surface area is 190 Å². The second kappa shape index (κ2) is 7.79. The number of alkyl halides is 2. The first-order valence-electron chi connectivity index (χ1n) is 11.6.